The van der Waals surface area contributed by atoms with E-state index in [-0.39, 0.29) is 11.4 Å². The predicted molar refractivity (Wildman–Crippen MR) is 87.3 cm³/mol. The Kier molecular flexibility index (Phi) is 5.59. The summed E-state index contributed by atoms with van der Waals surface area (Å²) in [4.78, 5) is 14.3. The van der Waals surface area contributed by atoms with Crippen LogP contribution in [0.5, 0.6) is 0 Å². The number of benzene rings is 1. The minimum absolute atomic E-state index is 0.0933. The molecule has 1 aromatic rings. The molecule has 4 heteroatoms. The van der Waals surface area contributed by atoms with Crippen molar-refractivity contribution < 1.29 is 14.3 Å². The third-order valence-corrected chi connectivity index (χ3v) is 4.19. The fourth-order valence-electron chi connectivity index (χ4n) is 2.65. The third kappa shape index (κ3) is 4.55. The zero-order chi connectivity index (χ0) is 16.2. The first-order valence-corrected chi connectivity index (χ1v) is 7.93. The van der Waals surface area contributed by atoms with Gasteiger partial charge in [0, 0.05) is 26.7 Å². The number of likely N-dealkylation sites (tertiary alicyclic amines) is 1. The molecule has 0 aliphatic carbocycles. The van der Waals surface area contributed by atoms with Crippen molar-refractivity contribution in [1.29, 1.82) is 0 Å². The monoisotopic (exact) mass is 305 g/mol. The molecular formula is C18H27NO3. The van der Waals surface area contributed by atoms with Crippen LogP contribution in [0.1, 0.15) is 43.1 Å². The molecule has 0 saturated carbocycles. The van der Waals surface area contributed by atoms with E-state index >= 15 is 0 Å². The van der Waals surface area contributed by atoms with Gasteiger partial charge in [0.25, 0.3) is 0 Å². The summed E-state index contributed by atoms with van der Waals surface area (Å²) in [5.74, 6) is -0.247. The summed E-state index contributed by atoms with van der Waals surface area (Å²) in [6.07, 6.45) is 1.37. The number of carbonyl (C=O) groups excluding carboxylic acids is 1. The Balaban J connectivity index is 1.78. The van der Waals surface area contributed by atoms with Gasteiger partial charge in [0.15, 0.2) is 0 Å². The number of ether oxygens (including phenoxy) is 2. The van der Waals surface area contributed by atoms with Gasteiger partial charge in [-0.15, -0.1) is 0 Å². The molecule has 0 spiro atoms. The first kappa shape index (κ1) is 17.0. The minimum Gasteiger partial charge on any atom is -0.461 e. The van der Waals surface area contributed by atoms with Crippen LogP contribution in [0.3, 0.4) is 0 Å². The molecule has 1 aliphatic rings. The quantitative estimate of drug-likeness (QED) is 0.784. The largest absolute Gasteiger partial charge is 0.461 e. The van der Waals surface area contributed by atoms with Crippen LogP contribution < -0.4 is 0 Å². The molecule has 122 valence electrons. The Bertz CT molecular complexity index is 490. The zero-order valence-corrected chi connectivity index (χ0v) is 14.1. The van der Waals surface area contributed by atoms with E-state index in [9.17, 15) is 4.79 Å². The molecule has 4 nitrogen and oxygen atoms in total. The van der Waals surface area contributed by atoms with E-state index in [0.717, 1.165) is 26.1 Å². The van der Waals surface area contributed by atoms with E-state index < -0.39 is 0 Å². The van der Waals surface area contributed by atoms with Crippen molar-refractivity contribution in [3.8, 4) is 0 Å². The Morgan fingerprint density at radius 2 is 1.95 bits per heavy atom. The summed E-state index contributed by atoms with van der Waals surface area (Å²) >= 11 is 0. The second-order valence-electron chi connectivity index (χ2n) is 6.91. The SMILES string of the molecule is CO[C@@H]1CCN(CCOC(=O)c2ccc(C(C)(C)C)cc2)C1. The van der Waals surface area contributed by atoms with Gasteiger partial charge in [0.1, 0.15) is 6.61 Å². The number of methoxy groups -OCH3 is 1. The number of carbonyl (C=O) groups is 1. The number of hydrogen-bond donors (Lipinski definition) is 0. The molecule has 0 bridgehead atoms. The highest BCUT2D eigenvalue weighted by Crippen LogP contribution is 2.22. The minimum atomic E-state index is -0.247. The van der Waals surface area contributed by atoms with Crippen LogP contribution in [0.2, 0.25) is 0 Å². The number of rotatable bonds is 5. The van der Waals surface area contributed by atoms with Crippen LogP contribution in [-0.4, -0.2) is 50.3 Å². The van der Waals surface area contributed by atoms with Crippen molar-refractivity contribution in [2.45, 2.75) is 38.7 Å². The van der Waals surface area contributed by atoms with Crippen molar-refractivity contribution in [3.05, 3.63) is 35.4 Å². The summed E-state index contributed by atoms with van der Waals surface area (Å²) in [5.41, 5.74) is 1.92. The lowest BCUT2D eigenvalue weighted by Gasteiger charge is -2.19. The average molecular weight is 305 g/mol. The van der Waals surface area contributed by atoms with E-state index in [1.54, 1.807) is 7.11 Å². The zero-order valence-electron chi connectivity index (χ0n) is 14.1. The van der Waals surface area contributed by atoms with Gasteiger partial charge in [-0.3, -0.25) is 4.90 Å². The molecular weight excluding hydrogens is 278 g/mol. The molecule has 0 aromatic heterocycles. The first-order chi connectivity index (χ1) is 10.4. The highest BCUT2D eigenvalue weighted by molar-refractivity contribution is 5.89. The van der Waals surface area contributed by atoms with E-state index in [1.165, 1.54) is 5.56 Å². The number of esters is 1. The van der Waals surface area contributed by atoms with Crippen molar-refractivity contribution in [2.75, 3.05) is 33.4 Å². The Morgan fingerprint density at radius 1 is 1.27 bits per heavy atom. The van der Waals surface area contributed by atoms with Crippen LogP contribution in [0.15, 0.2) is 24.3 Å². The van der Waals surface area contributed by atoms with Crippen LogP contribution in [0.25, 0.3) is 0 Å². The molecule has 1 fully saturated rings. The van der Waals surface area contributed by atoms with Crippen molar-refractivity contribution in [1.82, 2.24) is 4.90 Å². The Morgan fingerprint density at radius 3 is 2.50 bits per heavy atom. The Hall–Kier alpha value is -1.39. The topological polar surface area (TPSA) is 38.8 Å². The summed E-state index contributed by atoms with van der Waals surface area (Å²) in [6.45, 7) is 9.60. The second-order valence-corrected chi connectivity index (χ2v) is 6.91. The number of nitrogens with zero attached hydrogens (tertiary/aromatic N) is 1. The molecule has 0 unspecified atom stereocenters. The van der Waals surface area contributed by atoms with Crippen molar-refractivity contribution in [2.24, 2.45) is 0 Å². The highest BCUT2D eigenvalue weighted by Gasteiger charge is 2.22. The summed E-state index contributed by atoms with van der Waals surface area (Å²) in [6, 6.07) is 7.69. The van der Waals surface area contributed by atoms with Gasteiger partial charge in [-0.25, -0.2) is 4.79 Å². The second kappa shape index (κ2) is 7.25. The van der Waals surface area contributed by atoms with Crippen LogP contribution >= 0.6 is 0 Å². The number of hydrogen-bond acceptors (Lipinski definition) is 4. The maximum Gasteiger partial charge on any atom is 0.338 e. The van der Waals surface area contributed by atoms with Gasteiger partial charge in [0.05, 0.1) is 11.7 Å². The van der Waals surface area contributed by atoms with Gasteiger partial charge < -0.3 is 9.47 Å². The lowest BCUT2D eigenvalue weighted by molar-refractivity contribution is 0.0461. The molecule has 1 aromatic carbocycles. The third-order valence-electron chi connectivity index (χ3n) is 4.19. The molecule has 1 aliphatic heterocycles. The molecule has 1 saturated heterocycles. The first-order valence-electron chi connectivity index (χ1n) is 7.93. The van der Waals surface area contributed by atoms with E-state index in [2.05, 4.69) is 25.7 Å². The van der Waals surface area contributed by atoms with E-state index in [0.29, 0.717) is 18.3 Å². The lowest BCUT2D eigenvalue weighted by Crippen LogP contribution is -2.27. The fourth-order valence-corrected chi connectivity index (χ4v) is 2.65. The maximum atomic E-state index is 12.0. The summed E-state index contributed by atoms with van der Waals surface area (Å²) < 4.78 is 10.7. The maximum absolute atomic E-state index is 12.0. The predicted octanol–water partition coefficient (Wildman–Crippen LogP) is 2.86. The van der Waals surface area contributed by atoms with Crippen LogP contribution in [-0.2, 0) is 14.9 Å². The molecule has 1 heterocycles. The lowest BCUT2D eigenvalue weighted by atomic mass is 9.87. The molecule has 0 radical (unpaired) electrons. The highest BCUT2D eigenvalue weighted by atomic mass is 16.5. The molecule has 1 atom stereocenters. The van der Waals surface area contributed by atoms with Crippen LogP contribution in [0.4, 0.5) is 0 Å². The average Bonchev–Trinajstić information content (AvgIpc) is 2.94. The van der Waals surface area contributed by atoms with E-state index in [4.69, 9.17) is 9.47 Å². The smallest absolute Gasteiger partial charge is 0.338 e. The van der Waals surface area contributed by atoms with Gasteiger partial charge in [-0.2, -0.15) is 0 Å². The summed E-state index contributed by atoms with van der Waals surface area (Å²) in [7, 11) is 1.75. The standard InChI is InChI=1S/C18H27NO3/c1-18(2,3)15-7-5-14(6-8-15)17(20)22-12-11-19-10-9-16(13-19)21-4/h5-8,16H,9-13H2,1-4H3/t16-/m1/s1. The summed E-state index contributed by atoms with van der Waals surface area (Å²) in [5, 5.41) is 0. The van der Waals surface area contributed by atoms with Gasteiger partial charge in [-0.1, -0.05) is 32.9 Å². The van der Waals surface area contributed by atoms with Gasteiger partial charge in [0.2, 0.25) is 0 Å². The van der Waals surface area contributed by atoms with Crippen molar-refractivity contribution >= 4 is 5.97 Å². The Labute approximate surface area is 133 Å². The molecule has 22 heavy (non-hydrogen) atoms. The fraction of sp³-hybridized carbons (Fsp3) is 0.611. The normalized spacial score (nSPS) is 19.4. The van der Waals surface area contributed by atoms with E-state index in [1.807, 2.05) is 24.3 Å². The van der Waals surface area contributed by atoms with Crippen molar-refractivity contribution in [3.63, 3.8) is 0 Å². The molecule has 0 N–H and O–H groups in total. The van der Waals surface area contributed by atoms with Gasteiger partial charge >= 0.3 is 5.97 Å². The molecule has 0 amide bonds. The van der Waals surface area contributed by atoms with Crippen LogP contribution in [0, 0.1) is 0 Å². The van der Waals surface area contributed by atoms with Gasteiger partial charge in [-0.05, 0) is 29.5 Å². The molecule has 2 rings (SSSR count).